The molecule has 1 saturated heterocycles. The van der Waals surface area contributed by atoms with Crippen molar-refractivity contribution in [3.63, 3.8) is 0 Å². The van der Waals surface area contributed by atoms with Gasteiger partial charge in [-0.15, -0.1) is 0 Å². The molecule has 4 nitrogen and oxygen atoms in total. The quantitative estimate of drug-likeness (QED) is 0.242. The average Bonchev–Trinajstić information content (AvgIpc) is 3.30. The number of fused-ring (bicyclic) bond motifs is 3. The van der Waals surface area contributed by atoms with E-state index in [1.807, 2.05) is 0 Å². The lowest BCUT2D eigenvalue weighted by atomic mass is 9.75. The minimum absolute atomic E-state index is 0.0179. The fourth-order valence-electron chi connectivity index (χ4n) is 7.86. The number of allylic oxidation sites excluding steroid dienone is 1. The van der Waals surface area contributed by atoms with Crippen molar-refractivity contribution in [2.75, 3.05) is 18.0 Å². The maximum absolute atomic E-state index is 15.9. The Labute approximate surface area is 230 Å². The predicted octanol–water partition coefficient (Wildman–Crippen LogP) is 6.46. The normalized spacial score (nSPS) is 35.1. The van der Waals surface area contributed by atoms with Crippen molar-refractivity contribution in [2.24, 2.45) is 5.92 Å². The van der Waals surface area contributed by atoms with Gasteiger partial charge in [-0.1, -0.05) is 29.3 Å². The Kier molecular flexibility index (Phi) is 4.89. The first-order valence-corrected chi connectivity index (χ1v) is 18.4. The number of hydrogen-bond donors (Lipinski definition) is 1. The van der Waals surface area contributed by atoms with E-state index in [-0.39, 0.29) is 16.9 Å². The van der Waals surface area contributed by atoms with Crippen molar-refractivity contribution in [3.8, 4) is 0 Å². The lowest BCUT2D eigenvalue weighted by Crippen LogP contribution is -2.55. The Hall–Kier alpha value is -1.01. The van der Waals surface area contributed by atoms with Gasteiger partial charge in [0.1, 0.15) is 4.88 Å². The van der Waals surface area contributed by atoms with Crippen LogP contribution in [0, 0.1) is 12.1 Å². The van der Waals surface area contributed by atoms with Crippen LogP contribution in [0.15, 0.2) is 24.3 Å². The number of hydrogen-bond acceptors (Lipinski definition) is 3. The Balaban J connectivity index is 1.50. The summed E-state index contributed by atoms with van der Waals surface area (Å²) in [6.45, 7) is 7.52. The molecule has 37 heavy (non-hydrogen) atoms. The highest BCUT2D eigenvalue weighted by Crippen LogP contribution is 2.62. The Morgan fingerprint density at radius 1 is 1.32 bits per heavy atom. The highest BCUT2D eigenvalue weighted by atomic mass is 35.5. The number of aliphatic hydroxyl groups is 1. The van der Waals surface area contributed by atoms with Gasteiger partial charge in [0.15, 0.2) is 9.30 Å². The van der Waals surface area contributed by atoms with Crippen LogP contribution in [0.1, 0.15) is 79.7 Å². The van der Waals surface area contributed by atoms with E-state index >= 15 is 4.21 Å². The number of nitrogens with zero attached hydrogens (tertiary/aromatic N) is 2. The smallest absolute Gasteiger partial charge is 0.159 e. The molecular formula is C29H34ClN2O2PS2. The van der Waals surface area contributed by atoms with Gasteiger partial charge in [0.25, 0.3) is 0 Å². The number of benzene rings is 1. The van der Waals surface area contributed by atoms with Gasteiger partial charge >= 0.3 is 0 Å². The summed E-state index contributed by atoms with van der Waals surface area (Å²) in [6, 6.07) is 6.96. The SMILES string of the molecule is CC(C)(C)S1(=O)=[P+]2[CH-]C=C(c3cc(Cl)cc4c3N(C[C@H]3C[C@@H]43)[C@H]3CN1C1(CCC1)C3)c1[s+][c-](CO)cc12. The van der Waals surface area contributed by atoms with E-state index in [1.165, 1.54) is 45.4 Å². The highest BCUT2D eigenvalue weighted by molar-refractivity contribution is 8.32. The van der Waals surface area contributed by atoms with Crippen LogP contribution in [-0.2, 0) is 15.9 Å². The molecule has 0 radical (unpaired) electrons. The zero-order valence-corrected chi connectivity index (χ0v) is 25.0. The second-order valence-electron chi connectivity index (χ2n) is 12.9. The molecule has 1 N–H and O–H groups in total. The molecule has 2 saturated carbocycles. The van der Waals surface area contributed by atoms with E-state index in [9.17, 15) is 5.11 Å². The molecule has 6 atom stereocenters. The summed E-state index contributed by atoms with van der Waals surface area (Å²) >= 11 is 8.51. The molecule has 3 fully saturated rings. The van der Waals surface area contributed by atoms with Crippen LogP contribution in [0.3, 0.4) is 0 Å². The van der Waals surface area contributed by atoms with Crippen LogP contribution >= 0.6 is 29.6 Å². The third-order valence-electron chi connectivity index (χ3n) is 9.82. The van der Waals surface area contributed by atoms with E-state index in [0.717, 1.165) is 42.3 Å². The largest absolute Gasteiger partial charge is 0.399 e. The number of anilines is 1. The molecule has 0 amide bonds. The zero-order chi connectivity index (χ0) is 25.5. The first-order chi connectivity index (χ1) is 17.6. The van der Waals surface area contributed by atoms with Gasteiger partial charge in [-0.05, 0) is 82.5 Å². The summed E-state index contributed by atoms with van der Waals surface area (Å²) in [5.41, 5.74) is 5.27. The molecule has 4 bridgehead atoms. The maximum Gasteiger partial charge on any atom is 0.159 e. The van der Waals surface area contributed by atoms with Gasteiger partial charge in [-0.25, -0.2) is 4.21 Å². The molecule has 2 aliphatic carbocycles. The third-order valence-corrected chi connectivity index (χ3v) is 20.6. The third kappa shape index (κ3) is 3.04. The van der Waals surface area contributed by atoms with Crippen LogP contribution in [0.2, 0.25) is 5.02 Å². The van der Waals surface area contributed by atoms with E-state index in [1.54, 1.807) is 11.3 Å². The molecule has 1 aromatic carbocycles. The van der Waals surface area contributed by atoms with Gasteiger partial charge in [-0.2, -0.15) is 16.0 Å². The van der Waals surface area contributed by atoms with Crippen molar-refractivity contribution in [1.82, 2.24) is 4.31 Å². The lowest BCUT2D eigenvalue weighted by molar-refractivity contribution is 0.130. The number of halogens is 1. The summed E-state index contributed by atoms with van der Waals surface area (Å²) in [7, 11) is -2.45. The van der Waals surface area contributed by atoms with Gasteiger partial charge in [0.05, 0.1) is 39.6 Å². The minimum Gasteiger partial charge on any atom is -0.399 e. The molecule has 7 aliphatic rings. The summed E-state index contributed by atoms with van der Waals surface area (Å²) in [5, 5.41) is 12.2. The van der Waals surface area contributed by atoms with Crippen molar-refractivity contribution in [2.45, 2.75) is 81.7 Å². The molecule has 8 heteroatoms. The summed E-state index contributed by atoms with van der Waals surface area (Å²) in [5.74, 6) is 1.32. The van der Waals surface area contributed by atoms with Crippen molar-refractivity contribution >= 4 is 55.5 Å². The molecule has 1 spiro atoms. The predicted molar refractivity (Wildman–Crippen MR) is 157 cm³/mol. The minimum atomic E-state index is -2.45. The molecule has 3 unspecified atom stereocenters. The van der Waals surface area contributed by atoms with Crippen LogP contribution in [0.25, 0.3) is 5.57 Å². The van der Waals surface area contributed by atoms with E-state index in [2.05, 4.69) is 60.4 Å². The van der Waals surface area contributed by atoms with Crippen molar-refractivity contribution in [1.29, 1.82) is 0 Å². The van der Waals surface area contributed by atoms with Crippen LogP contribution < -0.4 is 10.2 Å². The zero-order valence-electron chi connectivity index (χ0n) is 21.7. The van der Waals surface area contributed by atoms with Gasteiger partial charge in [-0.3, -0.25) is 0 Å². The second kappa shape index (κ2) is 7.59. The fourth-order valence-corrected chi connectivity index (χ4v) is 18.9. The van der Waals surface area contributed by atoms with Gasteiger partial charge in [0.2, 0.25) is 0 Å². The Bertz CT molecular complexity index is 1520. The van der Waals surface area contributed by atoms with Crippen molar-refractivity contribution in [3.05, 3.63) is 56.3 Å². The van der Waals surface area contributed by atoms with Crippen LogP contribution in [0.4, 0.5) is 5.69 Å². The maximum atomic E-state index is 15.9. The molecule has 5 aliphatic heterocycles. The molecule has 9 rings (SSSR count). The number of thiophene rings is 1. The van der Waals surface area contributed by atoms with E-state index in [0.29, 0.717) is 17.9 Å². The van der Waals surface area contributed by atoms with E-state index < -0.39 is 16.0 Å². The van der Waals surface area contributed by atoms with E-state index in [4.69, 9.17) is 11.6 Å². The van der Waals surface area contributed by atoms with Crippen LogP contribution in [-0.4, -0.2) is 43.0 Å². The van der Waals surface area contributed by atoms with Gasteiger partial charge in [0, 0.05) is 35.4 Å². The standard InChI is InChI=1S/C29H34ClN2O2PS2/c1-28(2,3)37(34)32-15-19(13-29(32)6-4-7-29)31-14-17-9-22(17)24-11-18(30)10-23(26(24)31)21-5-8-35(37)25-12-20(16-33)36-27(21)25/h5,8,10-12,17,19,22,33H,4,6-7,9,13-16H2,1-3H3/t17-,19-,22-,37?/m1/s1. The molecular weight excluding hydrogens is 539 g/mol. The first kappa shape index (κ1) is 23.8. The molecule has 196 valence electrons. The number of aliphatic hydroxyl groups excluding tert-OH is 1. The average molecular weight is 573 g/mol. The molecule has 1 aromatic heterocycles. The summed E-state index contributed by atoms with van der Waals surface area (Å²) in [6.07, 6.45) is 10.5. The highest BCUT2D eigenvalue weighted by Gasteiger charge is 2.60. The Morgan fingerprint density at radius 3 is 2.84 bits per heavy atom. The lowest BCUT2D eigenvalue weighted by Gasteiger charge is -2.48. The number of rotatable bonds is 1. The molecule has 2 aromatic rings. The Morgan fingerprint density at radius 2 is 2.14 bits per heavy atom. The van der Waals surface area contributed by atoms with Crippen LogP contribution in [0.5, 0.6) is 0 Å². The monoisotopic (exact) mass is 572 g/mol. The topological polar surface area (TPSA) is 43.8 Å². The second-order valence-corrected chi connectivity index (χ2v) is 21.2. The fraction of sp³-hybridized carbons (Fsp3) is 0.552. The van der Waals surface area contributed by atoms with Gasteiger partial charge < -0.3 is 10.0 Å². The first-order valence-electron chi connectivity index (χ1n) is 13.7. The summed E-state index contributed by atoms with van der Waals surface area (Å²) in [4.78, 5) is 4.88. The summed E-state index contributed by atoms with van der Waals surface area (Å²) < 4.78 is 18.1. The van der Waals surface area contributed by atoms with Crippen molar-refractivity contribution < 1.29 is 9.32 Å². The molecule has 6 heterocycles.